The number of hydrogen-bond donors (Lipinski definition) is 1. The van der Waals surface area contributed by atoms with Gasteiger partial charge in [-0.05, 0) is 42.7 Å². The van der Waals surface area contributed by atoms with Crippen LogP contribution in [-0.2, 0) is 6.61 Å². The van der Waals surface area contributed by atoms with E-state index in [-0.39, 0.29) is 12.7 Å². The van der Waals surface area contributed by atoms with Crippen molar-refractivity contribution in [2.24, 2.45) is 0 Å². The van der Waals surface area contributed by atoms with Crippen LogP contribution in [0.2, 0.25) is 0 Å². The van der Waals surface area contributed by atoms with Gasteiger partial charge in [0.1, 0.15) is 11.9 Å². The number of rotatable bonds is 1. The first-order valence-electron chi connectivity index (χ1n) is 6.21. The highest BCUT2D eigenvalue weighted by molar-refractivity contribution is 5.79. The van der Waals surface area contributed by atoms with Crippen LogP contribution in [0.15, 0.2) is 36.4 Å². The average Bonchev–Trinajstić information content (AvgIpc) is 2.38. The van der Waals surface area contributed by atoms with Gasteiger partial charge in [0.2, 0.25) is 0 Å². The number of ether oxygens (including phenoxy) is 1. The first-order valence-corrected chi connectivity index (χ1v) is 6.21. The number of benzene rings is 2. The third-order valence-corrected chi connectivity index (χ3v) is 3.55. The van der Waals surface area contributed by atoms with E-state index in [1.54, 1.807) is 0 Å². The van der Waals surface area contributed by atoms with E-state index in [9.17, 15) is 5.11 Å². The summed E-state index contributed by atoms with van der Waals surface area (Å²) in [6.45, 7) is 4.22. The average molecular weight is 240 g/mol. The van der Waals surface area contributed by atoms with Crippen molar-refractivity contribution in [2.75, 3.05) is 0 Å². The lowest BCUT2D eigenvalue weighted by Gasteiger charge is -2.28. The molecule has 1 aliphatic heterocycles. The van der Waals surface area contributed by atoms with Gasteiger partial charge in [0.05, 0.1) is 6.61 Å². The Kier molecular flexibility index (Phi) is 2.60. The number of aliphatic hydroxyl groups excluding tert-OH is 1. The molecule has 2 heteroatoms. The fourth-order valence-corrected chi connectivity index (χ4v) is 2.61. The van der Waals surface area contributed by atoms with E-state index >= 15 is 0 Å². The zero-order valence-corrected chi connectivity index (χ0v) is 10.6. The molecule has 92 valence electrons. The summed E-state index contributed by atoms with van der Waals surface area (Å²) < 4.78 is 5.95. The first kappa shape index (κ1) is 11.3. The summed E-state index contributed by atoms with van der Waals surface area (Å²) in [6, 6.07) is 12.2. The largest absolute Gasteiger partial charge is 0.485 e. The van der Waals surface area contributed by atoms with E-state index < -0.39 is 0 Å². The lowest BCUT2D eigenvalue weighted by atomic mass is 9.89. The van der Waals surface area contributed by atoms with Crippen molar-refractivity contribution in [1.29, 1.82) is 0 Å². The molecule has 0 bridgehead atoms. The van der Waals surface area contributed by atoms with Crippen LogP contribution in [0.1, 0.15) is 29.7 Å². The van der Waals surface area contributed by atoms with Crippen LogP contribution in [0.25, 0.3) is 11.1 Å². The summed E-state index contributed by atoms with van der Waals surface area (Å²) in [5, 5.41) is 9.29. The van der Waals surface area contributed by atoms with Crippen LogP contribution in [0, 0.1) is 6.92 Å². The fourth-order valence-electron chi connectivity index (χ4n) is 2.61. The number of aryl methyl sites for hydroxylation is 1. The molecule has 0 amide bonds. The SMILES string of the molecule is Cc1cccc2c1-c1cc(CO)ccc1C(C)O2. The van der Waals surface area contributed by atoms with Gasteiger partial charge in [-0.3, -0.25) is 0 Å². The summed E-state index contributed by atoms with van der Waals surface area (Å²) in [4.78, 5) is 0. The Morgan fingerprint density at radius 2 is 2.06 bits per heavy atom. The van der Waals surface area contributed by atoms with Gasteiger partial charge < -0.3 is 9.84 Å². The molecule has 1 atom stereocenters. The van der Waals surface area contributed by atoms with Crippen molar-refractivity contribution in [2.45, 2.75) is 26.6 Å². The van der Waals surface area contributed by atoms with E-state index in [4.69, 9.17) is 4.74 Å². The molecule has 1 unspecified atom stereocenters. The smallest absolute Gasteiger partial charge is 0.128 e. The van der Waals surface area contributed by atoms with Crippen molar-refractivity contribution in [1.82, 2.24) is 0 Å². The molecule has 2 aromatic carbocycles. The summed E-state index contributed by atoms with van der Waals surface area (Å²) in [5.41, 5.74) is 5.68. The van der Waals surface area contributed by atoms with Crippen LogP contribution in [0.5, 0.6) is 5.75 Å². The second-order valence-electron chi connectivity index (χ2n) is 4.79. The van der Waals surface area contributed by atoms with Gasteiger partial charge in [0.15, 0.2) is 0 Å². The maximum Gasteiger partial charge on any atom is 0.128 e. The van der Waals surface area contributed by atoms with Gasteiger partial charge in [-0.15, -0.1) is 0 Å². The number of fused-ring (bicyclic) bond motifs is 3. The van der Waals surface area contributed by atoms with E-state index in [2.05, 4.69) is 32.0 Å². The van der Waals surface area contributed by atoms with E-state index in [0.717, 1.165) is 16.9 Å². The highest BCUT2D eigenvalue weighted by Gasteiger charge is 2.24. The van der Waals surface area contributed by atoms with Gasteiger partial charge >= 0.3 is 0 Å². The predicted octanol–water partition coefficient (Wildman–Crippen LogP) is 3.61. The summed E-state index contributed by atoms with van der Waals surface area (Å²) in [6.07, 6.45) is 0.0574. The van der Waals surface area contributed by atoms with Crippen LogP contribution >= 0.6 is 0 Å². The Morgan fingerprint density at radius 3 is 2.83 bits per heavy atom. The van der Waals surface area contributed by atoms with E-state index in [0.29, 0.717) is 0 Å². The maximum atomic E-state index is 9.29. The second-order valence-corrected chi connectivity index (χ2v) is 4.79. The second kappa shape index (κ2) is 4.14. The molecule has 0 aliphatic carbocycles. The minimum Gasteiger partial charge on any atom is -0.485 e. The normalized spacial score (nSPS) is 16.7. The quantitative estimate of drug-likeness (QED) is 0.825. The van der Waals surface area contributed by atoms with Crippen LogP contribution in [-0.4, -0.2) is 5.11 Å². The van der Waals surface area contributed by atoms with Gasteiger partial charge in [-0.2, -0.15) is 0 Å². The molecule has 1 N–H and O–H groups in total. The van der Waals surface area contributed by atoms with Crippen molar-refractivity contribution in [3.05, 3.63) is 53.1 Å². The Labute approximate surface area is 107 Å². The highest BCUT2D eigenvalue weighted by Crippen LogP contribution is 2.44. The van der Waals surface area contributed by atoms with Crippen LogP contribution in [0.4, 0.5) is 0 Å². The van der Waals surface area contributed by atoms with Gasteiger partial charge in [-0.1, -0.05) is 24.3 Å². The molecule has 1 aliphatic rings. The minimum absolute atomic E-state index is 0.0574. The Hall–Kier alpha value is -1.80. The molecule has 0 spiro atoms. The standard InChI is InChI=1S/C16H16O2/c1-10-4-3-5-15-16(10)14-8-12(9-17)6-7-13(14)11(2)18-15/h3-8,11,17H,9H2,1-2H3. The van der Waals surface area contributed by atoms with Crippen molar-refractivity contribution >= 4 is 0 Å². The highest BCUT2D eigenvalue weighted by atomic mass is 16.5. The van der Waals surface area contributed by atoms with Gasteiger partial charge in [0.25, 0.3) is 0 Å². The predicted molar refractivity (Wildman–Crippen MR) is 71.6 cm³/mol. The molecule has 2 aromatic rings. The molecule has 0 radical (unpaired) electrons. The number of aliphatic hydroxyl groups is 1. The Morgan fingerprint density at radius 1 is 1.22 bits per heavy atom. The van der Waals surface area contributed by atoms with Crippen molar-refractivity contribution in [3.63, 3.8) is 0 Å². The van der Waals surface area contributed by atoms with Crippen molar-refractivity contribution < 1.29 is 9.84 Å². The zero-order valence-electron chi connectivity index (χ0n) is 10.6. The topological polar surface area (TPSA) is 29.5 Å². The monoisotopic (exact) mass is 240 g/mol. The molecule has 1 heterocycles. The van der Waals surface area contributed by atoms with E-state index in [1.807, 2.05) is 18.2 Å². The zero-order chi connectivity index (χ0) is 12.7. The molecule has 2 nitrogen and oxygen atoms in total. The Balaban J connectivity index is 2.29. The van der Waals surface area contributed by atoms with E-state index in [1.165, 1.54) is 16.7 Å². The van der Waals surface area contributed by atoms with Crippen LogP contribution in [0.3, 0.4) is 0 Å². The number of hydrogen-bond acceptors (Lipinski definition) is 2. The molecule has 0 fully saturated rings. The fraction of sp³-hybridized carbons (Fsp3) is 0.250. The Bertz CT molecular complexity index is 602. The molecular formula is C16H16O2. The molecule has 3 rings (SSSR count). The van der Waals surface area contributed by atoms with Gasteiger partial charge in [0, 0.05) is 11.1 Å². The van der Waals surface area contributed by atoms with Crippen LogP contribution < -0.4 is 4.74 Å². The molecule has 0 aromatic heterocycles. The maximum absolute atomic E-state index is 9.29. The summed E-state index contributed by atoms with van der Waals surface area (Å²) in [5.74, 6) is 0.935. The third kappa shape index (κ3) is 1.61. The lowest BCUT2D eigenvalue weighted by Crippen LogP contribution is -2.12. The molecular weight excluding hydrogens is 224 g/mol. The van der Waals surface area contributed by atoms with Crippen molar-refractivity contribution in [3.8, 4) is 16.9 Å². The van der Waals surface area contributed by atoms with Gasteiger partial charge in [-0.25, -0.2) is 0 Å². The summed E-state index contributed by atoms with van der Waals surface area (Å²) in [7, 11) is 0. The molecule has 0 saturated heterocycles. The third-order valence-electron chi connectivity index (χ3n) is 3.55. The molecule has 0 saturated carbocycles. The first-order chi connectivity index (χ1) is 8.70. The summed E-state index contributed by atoms with van der Waals surface area (Å²) >= 11 is 0. The molecule has 18 heavy (non-hydrogen) atoms. The minimum atomic E-state index is 0.0574. The lowest BCUT2D eigenvalue weighted by molar-refractivity contribution is 0.223.